The molecule has 0 heterocycles. The third-order valence-corrected chi connectivity index (χ3v) is 1.05. The second-order valence-corrected chi connectivity index (χ2v) is 1.88. The van der Waals surface area contributed by atoms with E-state index < -0.39 is 0 Å². The van der Waals surface area contributed by atoms with E-state index in [0.29, 0.717) is 0 Å². The first kappa shape index (κ1) is 6.60. The number of halogens is 1. The molecule has 0 saturated heterocycles. The van der Waals surface area contributed by atoms with Crippen molar-refractivity contribution in [2.45, 2.75) is 13.3 Å². The minimum Gasteiger partial charge on any atom is -0.250 e. The van der Waals surface area contributed by atoms with Gasteiger partial charge in [-0.3, -0.25) is 4.72 Å². The Bertz CT molecular complexity index is 22.8. The molecule has 0 saturated carbocycles. The van der Waals surface area contributed by atoms with E-state index in [1.54, 1.807) is 0 Å². The fraction of sp³-hybridized carbons (Fsp3) is 1.00. The average molecular weight is 126 g/mol. The first-order valence-electron chi connectivity index (χ1n) is 1.92. The first-order valence-corrected chi connectivity index (χ1v) is 3.56. The van der Waals surface area contributed by atoms with Crippen LogP contribution in [0.1, 0.15) is 13.3 Å². The molecule has 0 bridgehead atoms. The summed E-state index contributed by atoms with van der Waals surface area (Å²) in [5, 5.41) is 0. The molecule has 0 aromatic heterocycles. The van der Waals surface area contributed by atoms with Crippen LogP contribution >= 0.6 is 21.8 Å². The van der Waals surface area contributed by atoms with Crippen molar-refractivity contribution in [1.29, 1.82) is 0 Å². The van der Waals surface area contributed by atoms with Crippen LogP contribution in [0.5, 0.6) is 0 Å². The Balaban J connectivity index is 2.34. The fourth-order valence-electron chi connectivity index (χ4n) is 0.141. The van der Waals surface area contributed by atoms with E-state index in [1.165, 1.54) is 0 Å². The summed E-state index contributed by atoms with van der Waals surface area (Å²) in [4.78, 5) is 0. The molecule has 0 fully saturated rings. The van der Waals surface area contributed by atoms with Crippen LogP contribution < -0.4 is 4.72 Å². The van der Waals surface area contributed by atoms with Crippen molar-refractivity contribution >= 4 is 21.8 Å². The Hall–Kier alpha value is 0.600. The van der Waals surface area contributed by atoms with Crippen LogP contribution in [0.2, 0.25) is 0 Å². The lowest BCUT2D eigenvalue weighted by atomic mass is 10.5. The smallest absolute Gasteiger partial charge is 0.0277 e. The van der Waals surface area contributed by atoms with E-state index in [0.717, 1.165) is 24.1 Å². The van der Waals surface area contributed by atoms with Crippen LogP contribution in [-0.4, -0.2) is 6.54 Å². The van der Waals surface area contributed by atoms with Crippen molar-refractivity contribution in [3.8, 4) is 0 Å². The Morgan fingerprint density at radius 1 is 1.83 bits per heavy atom. The zero-order valence-electron chi connectivity index (χ0n) is 3.70. The second-order valence-electron chi connectivity index (χ2n) is 0.971. The van der Waals surface area contributed by atoms with Gasteiger partial charge < -0.3 is 0 Å². The van der Waals surface area contributed by atoms with Crippen molar-refractivity contribution < 1.29 is 0 Å². The van der Waals surface area contributed by atoms with Gasteiger partial charge in [0.25, 0.3) is 0 Å². The number of rotatable bonds is 3. The molecule has 1 nitrogen and oxygen atoms in total. The van der Waals surface area contributed by atoms with Gasteiger partial charge in [-0.2, -0.15) is 0 Å². The van der Waals surface area contributed by atoms with Crippen LogP contribution in [-0.2, 0) is 0 Å². The predicted molar refractivity (Wildman–Crippen MR) is 31.7 cm³/mol. The Morgan fingerprint density at radius 2 is 2.50 bits per heavy atom. The van der Waals surface area contributed by atoms with E-state index in [-0.39, 0.29) is 0 Å². The summed E-state index contributed by atoms with van der Waals surface area (Å²) >= 11 is 1.15. The van der Waals surface area contributed by atoms with E-state index in [9.17, 15) is 0 Å². The average Bonchev–Trinajstić information content (AvgIpc) is 1.61. The van der Waals surface area contributed by atoms with Crippen LogP contribution in [0, 0.1) is 0 Å². The van der Waals surface area contributed by atoms with Gasteiger partial charge in [-0.1, -0.05) is 6.92 Å². The summed E-state index contributed by atoms with van der Waals surface area (Å²) in [5.41, 5.74) is 0. The van der Waals surface area contributed by atoms with E-state index in [2.05, 4.69) is 11.6 Å². The summed E-state index contributed by atoms with van der Waals surface area (Å²) in [6.45, 7) is 3.09. The molecule has 0 amide bonds. The maximum absolute atomic E-state index is 5.19. The molecule has 0 aromatic rings. The number of hydrogen-bond donors (Lipinski definition) is 1. The Labute approximate surface area is 47.1 Å². The maximum Gasteiger partial charge on any atom is 0.0277 e. The molecule has 3 heteroatoms. The molecule has 0 aliphatic rings. The molecule has 0 rings (SSSR count). The van der Waals surface area contributed by atoms with Gasteiger partial charge in [0.05, 0.1) is 0 Å². The SMILES string of the molecule is CCCNSCl. The normalized spacial score (nSPS) is 9.00. The molecule has 0 aliphatic heterocycles. The largest absolute Gasteiger partial charge is 0.250 e. The Kier molecular flexibility index (Phi) is 6.16. The minimum absolute atomic E-state index is 0.994. The van der Waals surface area contributed by atoms with Crippen molar-refractivity contribution in [2.75, 3.05) is 6.54 Å². The van der Waals surface area contributed by atoms with Gasteiger partial charge in [-0.05, 0) is 17.1 Å². The summed E-state index contributed by atoms with van der Waals surface area (Å²) in [5.74, 6) is 0. The molecule has 38 valence electrons. The van der Waals surface area contributed by atoms with E-state index in [1.807, 2.05) is 0 Å². The number of nitrogens with one attached hydrogen (secondary N) is 1. The monoisotopic (exact) mass is 125 g/mol. The highest BCUT2D eigenvalue weighted by atomic mass is 35.7. The zero-order valence-corrected chi connectivity index (χ0v) is 5.27. The van der Waals surface area contributed by atoms with Crippen LogP contribution in [0.3, 0.4) is 0 Å². The quantitative estimate of drug-likeness (QED) is 0.456. The zero-order chi connectivity index (χ0) is 4.83. The highest BCUT2D eigenvalue weighted by molar-refractivity contribution is 8.19. The molecular weight excluding hydrogens is 118 g/mol. The van der Waals surface area contributed by atoms with Crippen molar-refractivity contribution in [3.63, 3.8) is 0 Å². The highest BCUT2D eigenvalue weighted by Crippen LogP contribution is 1.96. The summed E-state index contributed by atoms with van der Waals surface area (Å²) in [6.07, 6.45) is 1.14. The van der Waals surface area contributed by atoms with Crippen LogP contribution in [0.4, 0.5) is 0 Å². The lowest BCUT2D eigenvalue weighted by Crippen LogP contribution is -1.99. The third kappa shape index (κ3) is 4.60. The minimum atomic E-state index is 0.994. The van der Waals surface area contributed by atoms with Gasteiger partial charge in [0, 0.05) is 17.7 Å². The molecule has 0 unspecified atom stereocenters. The molecule has 0 radical (unpaired) electrons. The van der Waals surface area contributed by atoms with Crippen LogP contribution in [0.15, 0.2) is 0 Å². The van der Waals surface area contributed by atoms with Gasteiger partial charge in [0.2, 0.25) is 0 Å². The van der Waals surface area contributed by atoms with Gasteiger partial charge in [0.1, 0.15) is 0 Å². The van der Waals surface area contributed by atoms with E-state index >= 15 is 0 Å². The van der Waals surface area contributed by atoms with Crippen molar-refractivity contribution in [1.82, 2.24) is 4.72 Å². The van der Waals surface area contributed by atoms with Crippen LogP contribution in [0.25, 0.3) is 0 Å². The number of hydrogen-bond acceptors (Lipinski definition) is 2. The first-order chi connectivity index (χ1) is 2.91. The molecule has 1 N–H and O–H groups in total. The topological polar surface area (TPSA) is 12.0 Å². The van der Waals surface area contributed by atoms with Gasteiger partial charge in [0.15, 0.2) is 0 Å². The third-order valence-electron chi connectivity index (χ3n) is 0.407. The molecular formula is C3H8ClNS. The summed E-state index contributed by atoms with van der Waals surface area (Å²) in [6, 6.07) is 0. The molecule has 0 aromatic carbocycles. The Morgan fingerprint density at radius 3 is 2.67 bits per heavy atom. The standard InChI is InChI=1S/C3H8ClNS/c1-2-3-5-6-4/h5H,2-3H2,1H3. The summed E-state index contributed by atoms with van der Waals surface area (Å²) < 4.78 is 2.88. The van der Waals surface area contributed by atoms with E-state index in [4.69, 9.17) is 10.7 Å². The van der Waals surface area contributed by atoms with Crippen molar-refractivity contribution in [3.05, 3.63) is 0 Å². The predicted octanol–water partition coefficient (Wildman–Crippen LogP) is 1.79. The lowest BCUT2D eigenvalue weighted by Gasteiger charge is -1.88. The molecule has 6 heavy (non-hydrogen) atoms. The fourth-order valence-corrected chi connectivity index (χ4v) is 0.653. The second kappa shape index (κ2) is 5.60. The van der Waals surface area contributed by atoms with Gasteiger partial charge >= 0.3 is 0 Å². The molecule has 0 atom stereocenters. The van der Waals surface area contributed by atoms with Crippen molar-refractivity contribution in [2.24, 2.45) is 0 Å². The molecule has 0 aliphatic carbocycles. The highest BCUT2D eigenvalue weighted by Gasteiger charge is 1.74. The molecule has 0 spiro atoms. The summed E-state index contributed by atoms with van der Waals surface area (Å²) in [7, 11) is 5.19. The lowest BCUT2D eigenvalue weighted by molar-refractivity contribution is 0.881. The maximum atomic E-state index is 5.19. The van der Waals surface area contributed by atoms with Gasteiger partial charge in [-0.25, -0.2) is 0 Å². The van der Waals surface area contributed by atoms with Gasteiger partial charge in [-0.15, -0.1) is 0 Å².